The van der Waals surface area contributed by atoms with Crippen LogP contribution in [-0.4, -0.2) is 43.3 Å². The number of anilines is 1. The van der Waals surface area contributed by atoms with Crippen LogP contribution in [0.1, 0.15) is 6.42 Å². The van der Waals surface area contributed by atoms with Gasteiger partial charge in [0.25, 0.3) is 0 Å². The number of hydrogen-bond acceptors (Lipinski definition) is 5. The zero-order valence-corrected chi connectivity index (χ0v) is 12.2. The zero-order chi connectivity index (χ0) is 14.5. The Bertz CT molecular complexity index is 577. The fourth-order valence-corrected chi connectivity index (χ4v) is 2.55. The molecule has 21 heavy (non-hydrogen) atoms. The van der Waals surface area contributed by atoms with Crippen LogP contribution in [0.3, 0.4) is 0 Å². The number of nitrogens with one attached hydrogen (secondary N) is 1. The average molecular weight is 284 g/mol. The molecular weight excluding hydrogens is 264 g/mol. The number of methoxy groups -OCH3 is 1. The molecule has 1 N–H and O–H groups in total. The lowest BCUT2D eigenvalue weighted by Crippen LogP contribution is -2.29. The first-order chi connectivity index (χ1) is 10.4. The lowest BCUT2D eigenvalue weighted by atomic mass is 10.1. The van der Waals surface area contributed by atoms with Crippen LogP contribution in [0.15, 0.2) is 36.7 Å². The van der Waals surface area contributed by atoms with Crippen molar-refractivity contribution >= 4 is 5.95 Å². The highest BCUT2D eigenvalue weighted by Crippen LogP contribution is 2.28. The second kappa shape index (κ2) is 6.54. The molecule has 2 heterocycles. The standard InChI is InChI=1S/C16H20N4O/c1-21-15-6-3-2-5-14(15)13-11-18-16(19-12-13)20-9-4-7-17-8-10-20/h2-3,5-6,11-12,17H,4,7-10H2,1H3. The van der Waals surface area contributed by atoms with E-state index < -0.39 is 0 Å². The summed E-state index contributed by atoms with van der Waals surface area (Å²) >= 11 is 0. The summed E-state index contributed by atoms with van der Waals surface area (Å²) in [6, 6.07) is 7.92. The lowest BCUT2D eigenvalue weighted by molar-refractivity contribution is 0.416. The van der Waals surface area contributed by atoms with Gasteiger partial charge in [-0.1, -0.05) is 18.2 Å². The largest absolute Gasteiger partial charge is 0.496 e. The summed E-state index contributed by atoms with van der Waals surface area (Å²) < 4.78 is 5.39. The Morgan fingerprint density at radius 1 is 1.10 bits per heavy atom. The molecule has 2 aromatic rings. The number of rotatable bonds is 3. The third kappa shape index (κ3) is 3.13. The van der Waals surface area contributed by atoms with Gasteiger partial charge in [-0.2, -0.15) is 0 Å². The normalized spacial score (nSPS) is 15.6. The van der Waals surface area contributed by atoms with Crippen molar-refractivity contribution in [3.63, 3.8) is 0 Å². The van der Waals surface area contributed by atoms with Gasteiger partial charge in [-0.3, -0.25) is 0 Å². The highest BCUT2D eigenvalue weighted by Gasteiger charge is 2.12. The van der Waals surface area contributed by atoms with Crippen molar-refractivity contribution in [2.75, 3.05) is 38.2 Å². The number of nitrogens with zero attached hydrogens (tertiary/aromatic N) is 3. The topological polar surface area (TPSA) is 50.3 Å². The van der Waals surface area contributed by atoms with Gasteiger partial charge in [-0.05, 0) is 19.0 Å². The summed E-state index contributed by atoms with van der Waals surface area (Å²) in [7, 11) is 1.68. The minimum absolute atomic E-state index is 0.803. The van der Waals surface area contributed by atoms with Crippen LogP contribution < -0.4 is 15.0 Å². The predicted octanol–water partition coefficient (Wildman–Crippen LogP) is 1.95. The zero-order valence-electron chi connectivity index (χ0n) is 12.2. The van der Waals surface area contributed by atoms with Crippen molar-refractivity contribution in [2.24, 2.45) is 0 Å². The summed E-state index contributed by atoms with van der Waals surface area (Å²) in [4.78, 5) is 11.3. The van der Waals surface area contributed by atoms with Gasteiger partial charge in [0.1, 0.15) is 5.75 Å². The minimum atomic E-state index is 0.803. The Morgan fingerprint density at radius 2 is 1.90 bits per heavy atom. The molecule has 5 heteroatoms. The molecule has 0 unspecified atom stereocenters. The van der Waals surface area contributed by atoms with E-state index in [0.29, 0.717) is 0 Å². The Balaban J connectivity index is 1.83. The van der Waals surface area contributed by atoms with Gasteiger partial charge in [-0.15, -0.1) is 0 Å². The van der Waals surface area contributed by atoms with E-state index in [-0.39, 0.29) is 0 Å². The molecular formula is C16H20N4O. The van der Waals surface area contributed by atoms with Crippen molar-refractivity contribution in [2.45, 2.75) is 6.42 Å². The first-order valence-electron chi connectivity index (χ1n) is 7.29. The number of hydrogen-bond donors (Lipinski definition) is 1. The lowest BCUT2D eigenvalue weighted by Gasteiger charge is -2.19. The first kappa shape index (κ1) is 13.8. The molecule has 1 aromatic heterocycles. The number of benzene rings is 1. The van der Waals surface area contributed by atoms with Gasteiger partial charge < -0.3 is 15.0 Å². The molecule has 110 valence electrons. The molecule has 0 aliphatic carbocycles. The van der Waals surface area contributed by atoms with Gasteiger partial charge in [0.05, 0.1) is 7.11 Å². The second-order valence-corrected chi connectivity index (χ2v) is 5.06. The van der Waals surface area contributed by atoms with Crippen LogP contribution in [-0.2, 0) is 0 Å². The molecule has 1 aliphatic rings. The van der Waals surface area contributed by atoms with Crippen LogP contribution in [0.4, 0.5) is 5.95 Å². The fraction of sp³-hybridized carbons (Fsp3) is 0.375. The molecule has 1 aromatic carbocycles. The van der Waals surface area contributed by atoms with Crippen molar-refractivity contribution < 1.29 is 4.74 Å². The molecule has 0 atom stereocenters. The minimum Gasteiger partial charge on any atom is -0.496 e. The summed E-state index contributed by atoms with van der Waals surface area (Å²) in [5.74, 6) is 1.64. The van der Waals surface area contributed by atoms with Crippen LogP contribution in [0.5, 0.6) is 5.75 Å². The molecule has 0 amide bonds. The molecule has 0 bridgehead atoms. The van der Waals surface area contributed by atoms with E-state index in [1.54, 1.807) is 7.11 Å². The summed E-state index contributed by atoms with van der Waals surface area (Å²) in [5, 5.41) is 3.39. The molecule has 0 spiro atoms. The van der Waals surface area contributed by atoms with Crippen LogP contribution in [0.25, 0.3) is 11.1 Å². The molecule has 0 radical (unpaired) electrons. The molecule has 1 saturated heterocycles. The third-order valence-corrected chi connectivity index (χ3v) is 3.68. The molecule has 3 rings (SSSR count). The van der Waals surface area contributed by atoms with Gasteiger partial charge >= 0.3 is 0 Å². The SMILES string of the molecule is COc1ccccc1-c1cnc(N2CCCNCC2)nc1. The summed E-state index contributed by atoms with van der Waals surface area (Å²) in [6.07, 6.45) is 4.87. The predicted molar refractivity (Wildman–Crippen MR) is 83.7 cm³/mol. The monoisotopic (exact) mass is 284 g/mol. The second-order valence-electron chi connectivity index (χ2n) is 5.06. The van der Waals surface area contributed by atoms with E-state index in [0.717, 1.165) is 55.4 Å². The maximum absolute atomic E-state index is 5.39. The molecule has 1 aliphatic heterocycles. The number of para-hydroxylation sites is 1. The summed E-state index contributed by atoms with van der Waals surface area (Å²) in [5.41, 5.74) is 1.99. The van der Waals surface area contributed by atoms with Gasteiger partial charge in [-0.25, -0.2) is 9.97 Å². The highest BCUT2D eigenvalue weighted by atomic mass is 16.5. The Kier molecular flexibility index (Phi) is 4.31. The van der Waals surface area contributed by atoms with Crippen molar-refractivity contribution in [3.05, 3.63) is 36.7 Å². The van der Waals surface area contributed by atoms with Crippen LogP contribution >= 0.6 is 0 Å². The van der Waals surface area contributed by atoms with E-state index in [4.69, 9.17) is 4.74 Å². The van der Waals surface area contributed by atoms with Crippen LogP contribution in [0, 0.1) is 0 Å². The molecule has 0 saturated carbocycles. The number of aromatic nitrogens is 2. The molecule has 1 fully saturated rings. The highest BCUT2D eigenvalue weighted by molar-refractivity contribution is 5.69. The summed E-state index contributed by atoms with van der Waals surface area (Å²) in [6.45, 7) is 4.00. The Morgan fingerprint density at radius 3 is 2.71 bits per heavy atom. The maximum Gasteiger partial charge on any atom is 0.225 e. The fourth-order valence-electron chi connectivity index (χ4n) is 2.55. The Labute approximate surface area is 125 Å². The van der Waals surface area contributed by atoms with Crippen molar-refractivity contribution in [1.29, 1.82) is 0 Å². The van der Waals surface area contributed by atoms with Crippen molar-refractivity contribution in [1.82, 2.24) is 15.3 Å². The van der Waals surface area contributed by atoms with E-state index in [1.807, 2.05) is 36.7 Å². The average Bonchev–Trinajstić information content (AvgIpc) is 2.84. The van der Waals surface area contributed by atoms with E-state index in [1.165, 1.54) is 0 Å². The first-order valence-corrected chi connectivity index (χ1v) is 7.29. The maximum atomic E-state index is 5.39. The molecule has 5 nitrogen and oxygen atoms in total. The van der Waals surface area contributed by atoms with Gasteiger partial charge in [0.2, 0.25) is 5.95 Å². The third-order valence-electron chi connectivity index (χ3n) is 3.68. The quantitative estimate of drug-likeness (QED) is 0.933. The van der Waals surface area contributed by atoms with Gasteiger partial charge in [0.15, 0.2) is 0 Å². The van der Waals surface area contributed by atoms with E-state index >= 15 is 0 Å². The smallest absolute Gasteiger partial charge is 0.225 e. The van der Waals surface area contributed by atoms with E-state index in [2.05, 4.69) is 20.2 Å². The van der Waals surface area contributed by atoms with Crippen LogP contribution in [0.2, 0.25) is 0 Å². The number of ether oxygens (including phenoxy) is 1. The van der Waals surface area contributed by atoms with Gasteiger partial charge in [0, 0.05) is 43.2 Å². The van der Waals surface area contributed by atoms with E-state index in [9.17, 15) is 0 Å². The Hall–Kier alpha value is -2.14. The van der Waals surface area contributed by atoms with Crippen molar-refractivity contribution in [3.8, 4) is 16.9 Å².